The van der Waals surface area contributed by atoms with Gasteiger partial charge in [-0.3, -0.25) is 0 Å². The lowest BCUT2D eigenvalue weighted by atomic mass is 10.0. The van der Waals surface area contributed by atoms with Crippen molar-refractivity contribution in [3.05, 3.63) is 9.60 Å². The minimum absolute atomic E-state index is 0.390. The van der Waals surface area contributed by atoms with Gasteiger partial charge in [0.25, 0.3) is 5.26 Å². The average molecular weight is 293 g/mol. The number of unbranched alkanes of at least 4 members (excludes halogenated alkanes) is 1. The lowest BCUT2D eigenvalue weighted by Gasteiger charge is -2.38. The molecule has 1 aliphatic heterocycles. The molecule has 0 radical (unpaired) electrons. The highest BCUT2D eigenvalue weighted by atomic mass is 35.5. The number of nitrogens with one attached hydrogen (secondary N) is 1. The Morgan fingerprint density at radius 1 is 1.50 bits per heavy atom. The van der Waals surface area contributed by atoms with E-state index in [0.717, 1.165) is 56.9 Å². The zero-order valence-corrected chi connectivity index (χ0v) is 11.7. The van der Waals surface area contributed by atoms with Crippen molar-refractivity contribution in [3.63, 3.8) is 0 Å². The van der Waals surface area contributed by atoms with Crippen LogP contribution in [-0.4, -0.2) is 42.6 Å². The Morgan fingerprint density at radius 2 is 2.28 bits per heavy atom. The number of halogens is 2. The summed E-state index contributed by atoms with van der Waals surface area (Å²) in [5, 5.41) is 2.56. The molecule has 0 unspecified atom stereocenters. The van der Waals surface area contributed by atoms with Gasteiger partial charge in [0.2, 0.25) is 0 Å². The Balaban J connectivity index is 1.53. The normalized spacial score (nSPS) is 16.8. The molecule has 0 spiro atoms. The molecule has 7 heteroatoms. The van der Waals surface area contributed by atoms with Crippen molar-refractivity contribution < 1.29 is 4.39 Å². The van der Waals surface area contributed by atoms with E-state index in [0.29, 0.717) is 16.1 Å². The Hall–Kier alpha value is -0.430. The second-order valence-electron chi connectivity index (χ2n) is 4.58. The molecule has 2 rings (SSSR count). The molecular weight excluding hydrogens is 275 g/mol. The molecule has 102 valence electrons. The fraction of sp³-hybridized carbons (Fsp3) is 0.727. The van der Waals surface area contributed by atoms with Crippen molar-refractivity contribution in [2.24, 2.45) is 11.7 Å². The molecule has 0 atom stereocenters. The lowest BCUT2D eigenvalue weighted by molar-refractivity contribution is 0.104. The third-order valence-corrected chi connectivity index (χ3v) is 4.16. The van der Waals surface area contributed by atoms with Crippen LogP contribution in [0.4, 0.5) is 10.2 Å². The predicted molar refractivity (Wildman–Crippen MR) is 73.8 cm³/mol. The first-order valence-electron chi connectivity index (χ1n) is 6.17. The van der Waals surface area contributed by atoms with E-state index in [1.165, 1.54) is 0 Å². The molecule has 1 aliphatic rings. The summed E-state index contributed by atoms with van der Waals surface area (Å²) in [6, 6.07) is 0. The summed E-state index contributed by atoms with van der Waals surface area (Å²) in [7, 11) is 0. The van der Waals surface area contributed by atoms with E-state index in [-0.39, 0.29) is 0 Å². The highest BCUT2D eigenvalue weighted by molar-refractivity contribution is 7.15. The number of hydrogen-bond donors (Lipinski definition) is 2. The Bertz CT molecular complexity index is 381. The first kappa shape index (κ1) is 14.0. The Morgan fingerprint density at radius 3 is 2.89 bits per heavy atom. The number of nitrogens with two attached hydrogens (primary N) is 1. The van der Waals surface area contributed by atoms with Crippen LogP contribution in [0.25, 0.3) is 0 Å². The van der Waals surface area contributed by atoms with Gasteiger partial charge in [-0.2, -0.15) is 9.37 Å². The third-order valence-electron chi connectivity index (χ3n) is 3.12. The lowest BCUT2D eigenvalue weighted by Crippen LogP contribution is -2.49. The van der Waals surface area contributed by atoms with E-state index in [2.05, 4.69) is 15.2 Å². The van der Waals surface area contributed by atoms with E-state index < -0.39 is 5.26 Å². The molecular formula is C11H18ClFN4S. The van der Waals surface area contributed by atoms with Crippen molar-refractivity contribution in [2.75, 3.05) is 38.0 Å². The van der Waals surface area contributed by atoms with Gasteiger partial charge in [-0.15, -0.1) is 0 Å². The summed E-state index contributed by atoms with van der Waals surface area (Å²) < 4.78 is 13.1. The van der Waals surface area contributed by atoms with Gasteiger partial charge in [0.1, 0.15) is 4.34 Å². The molecule has 0 bridgehead atoms. The zero-order chi connectivity index (χ0) is 13.0. The van der Waals surface area contributed by atoms with Gasteiger partial charge >= 0.3 is 0 Å². The van der Waals surface area contributed by atoms with E-state index in [1.807, 2.05) is 0 Å². The van der Waals surface area contributed by atoms with Crippen molar-refractivity contribution in [2.45, 2.75) is 12.8 Å². The smallest absolute Gasteiger partial charge is 0.272 e. The summed E-state index contributed by atoms with van der Waals surface area (Å²) in [6.45, 7) is 4.94. The number of likely N-dealkylation sites (tertiary alicyclic amines) is 1. The maximum Gasteiger partial charge on any atom is 0.272 e. The maximum absolute atomic E-state index is 12.8. The van der Waals surface area contributed by atoms with Crippen molar-refractivity contribution in [1.29, 1.82) is 0 Å². The fourth-order valence-electron chi connectivity index (χ4n) is 2.06. The molecule has 18 heavy (non-hydrogen) atoms. The second kappa shape index (κ2) is 6.65. The van der Waals surface area contributed by atoms with Gasteiger partial charge in [0.15, 0.2) is 5.82 Å². The van der Waals surface area contributed by atoms with Crippen molar-refractivity contribution >= 4 is 28.8 Å². The summed E-state index contributed by atoms with van der Waals surface area (Å²) in [4.78, 5) is 6.09. The second-order valence-corrected chi connectivity index (χ2v) is 6.14. The Kier molecular flexibility index (Phi) is 5.17. The van der Waals surface area contributed by atoms with Crippen LogP contribution in [0.5, 0.6) is 0 Å². The third kappa shape index (κ3) is 3.78. The quantitative estimate of drug-likeness (QED) is 0.755. The first-order chi connectivity index (χ1) is 8.69. The standard InChI is InChI=1S/C11H18ClFN4S/c12-9-10(16-11(13)18-9)15-3-1-2-4-17-6-8(5-14)7-17/h8,15H,1-7,14H2. The van der Waals surface area contributed by atoms with E-state index in [1.54, 1.807) is 0 Å². The number of rotatable bonds is 7. The summed E-state index contributed by atoms with van der Waals surface area (Å²) in [6.07, 6.45) is 2.15. The van der Waals surface area contributed by atoms with Crippen LogP contribution >= 0.6 is 22.9 Å². The maximum atomic E-state index is 12.8. The van der Waals surface area contributed by atoms with Crippen LogP contribution in [0.3, 0.4) is 0 Å². The van der Waals surface area contributed by atoms with Crippen LogP contribution in [0.1, 0.15) is 12.8 Å². The number of aromatic nitrogens is 1. The zero-order valence-electron chi connectivity index (χ0n) is 10.2. The predicted octanol–water partition coefficient (Wildman–Crippen LogP) is 2.02. The number of hydrogen-bond acceptors (Lipinski definition) is 5. The topological polar surface area (TPSA) is 54.2 Å². The number of nitrogens with zero attached hydrogens (tertiary/aromatic N) is 2. The molecule has 4 nitrogen and oxygen atoms in total. The molecule has 3 N–H and O–H groups in total. The van der Waals surface area contributed by atoms with Crippen molar-refractivity contribution in [1.82, 2.24) is 9.88 Å². The summed E-state index contributed by atoms with van der Waals surface area (Å²) in [5.41, 5.74) is 5.57. The van der Waals surface area contributed by atoms with Crippen LogP contribution < -0.4 is 11.1 Å². The van der Waals surface area contributed by atoms with Crippen LogP contribution in [0.2, 0.25) is 4.34 Å². The monoisotopic (exact) mass is 292 g/mol. The summed E-state index contributed by atoms with van der Waals surface area (Å²) in [5.74, 6) is 1.16. The molecule has 1 saturated heterocycles. The highest BCUT2D eigenvalue weighted by Gasteiger charge is 2.24. The molecule has 0 saturated carbocycles. The Labute approximate surface area is 115 Å². The van der Waals surface area contributed by atoms with Gasteiger partial charge in [-0.1, -0.05) is 22.9 Å². The summed E-state index contributed by atoms with van der Waals surface area (Å²) >= 11 is 6.66. The molecule has 0 aliphatic carbocycles. The minimum atomic E-state index is -0.490. The van der Waals surface area contributed by atoms with Gasteiger partial charge in [-0.05, 0) is 31.8 Å². The average Bonchev–Trinajstić information content (AvgIpc) is 2.59. The van der Waals surface area contributed by atoms with Gasteiger partial charge in [0.05, 0.1) is 0 Å². The van der Waals surface area contributed by atoms with E-state index in [9.17, 15) is 4.39 Å². The molecule has 0 amide bonds. The highest BCUT2D eigenvalue weighted by Crippen LogP contribution is 2.27. The minimum Gasteiger partial charge on any atom is -0.368 e. The molecule has 0 aromatic carbocycles. The van der Waals surface area contributed by atoms with E-state index in [4.69, 9.17) is 17.3 Å². The van der Waals surface area contributed by atoms with Crippen LogP contribution in [-0.2, 0) is 0 Å². The van der Waals surface area contributed by atoms with Crippen molar-refractivity contribution in [3.8, 4) is 0 Å². The van der Waals surface area contributed by atoms with E-state index >= 15 is 0 Å². The first-order valence-corrected chi connectivity index (χ1v) is 7.36. The molecule has 1 aromatic rings. The molecule has 2 heterocycles. The SMILES string of the molecule is NCC1CN(CCCCNc2nc(F)sc2Cl)C1. The van der Waals surface area contributed by atoms with Gasteiger partial charge < -0.3 is 16.0 Å². The fourth-order valence-corrected chi connectivity index (χ4v) is 2.86. The number of anilines is 1. The van der Waals surface area contributed by atoms with Gasteiger partial charge in [-0.25, -0.2) is 0 Å². The molecule has 1 fully saturated rings. The largest absolute Gasteiger partial charge is 0.368 e. The van der Waals surface area contributed by atoms with Crippen LogP contribution in [0.15, 0.2) is 0 Å². The number of thiazole rings is 1. The van der Waals surface area contributed by atoms with Gasteiger partial charge in [0, 0.05) is 19.6 Å². The van der Waals surface area contributed by atoms with Crippen LogP contribution in [0, 0.1) is 11.2 Å². The molecule has 1 aromatic heterocycles.